The van der Waals surface area contributed by atoms with Gasteiger partial charge < -0.3 is 0 Å². The third-order valence-corrected chi connectivity index (χ3v) is 5.09. The van der Waals surface area contributed by atoms with Crippen LogP contribution in [0.1, 0.15) is 32.6 Å². The molecule has 114 valence electrons. The first-order valence-electron chi connectivity index (χ1n) is 6.70. The summed E-state index contributed by atoms with van der Waals surface area (Å²) in [6.07, 6.45) is 2.76. The van der Waals surface area contributed by atoms with E-state index in [1.165, 1.54) is 0 Å². The molecule has 0 aromatic rings. The molecule has 1 aliphatic heterocycles. The van der Waals surface area contributed by atoms with Crippen molar-refractivity contribution in [3.8, 4) is 0 Å². The minimum atomic E-state index is -0.957. The number of nitrogens with one attached hydrogen (secondary N) is 1. The average molecular weight is 349 g/mol. The van der Waals surface area contributed by atoms with E-state index in [-0.39, 0.29) is 26.5 Å². The first kappa shape index (κ1) is 17.1. The van der Waals surface area contributed by atoms with Crippen LogP contribution in [-0.4, -0.2) is 50.2 Å². The van der Waals surface area contributed by atoms with Gasteiger partial charge >= 0.3 is 124 Å². The maximum atomic E-state index is 11.5. The molecule has 0 saturated heterocycles. The second-order valence-electron chi connectivity index (χ2n) is 4.97. The van der Waals surface area contributed by atoms with Crippen LogP contribution in [-0.2, 0) is 9.59 Å². The summed E-state index contributed by atoms with van der Waals surface area (Å²) in [6.45, 7) is 2.63. The standard InChI is InChI=1S/C12H22N4O3Se/c1-12(15-16-12)5-2-6-14-10(17)4-8-20-7-3-9(13)11(18)19/h9H,2-8,13H2,1H3,(H,14,17)(H,18,19). The van der Waals surface area contributed by atoms with Crippen molar-refractivity contribution in [3.63, 3.8) is 0 Å². The average Bonchev–Trinajstić information content (AvgIpc) is 3.12. The van der Waals surface area contributed by atoms with Gasteiger partial charge in [0, 0.05) is 0 Å². The number of carbonyl (C=O) groups is 2. The molecular weight excluding hydrogens is 327 g/mol. The summed E-state index contributed by atoms with van der Waals surface area (Å²) in [5.41, 5.74) is 5.21. The van der Waals surface area contributed by atoms with Crippen molar-refractivity contribution in [2.75, 3.05) is 6.54 Å². The first-order chi connectivity index (χ1) is 9.43. The van der Waals surface area contributed by atoms with E-state index in [1.807, 2.05) is 6.92 Å². The summed E-state index contributed by atoms with van der Waals surface area (Å²) < 4.78 is 0. The number of nitrogens with two attached hydrogens (primary N) is 1. The summed E-state index contributed by atoms with van der Waals surface area (Å²) in [5.74, 6) is -0.898. The Hall–Kier alpha value is -0.981. The third-order valence-electron chi connectivity index (χ3n) is 2.95. The summed E-state index contributed by atoms with van der Waals surface area (Å²) in [7, 11) is 0. The first-order valence-corrected chi connectivity index (χ1v) is 9.12. The van der Waals surface area contributed by atoms with Crippen LogP contribution in [0.5, 0.6) is 0 Å². The zero-order valence-corrected chi connectivity index (χ0v) is 13.4. The van der Waals surface area contributed by atoms with Crippen LogP contribution in [0.3, 0.4) is 0 Å². The fourth-order valence-corrected chi connectivity index (χ4v) is 3.53. The molecule has 0 fully saturated rings. The molecule has 0 aliphatic carbocycles. The molecule has 0 spiro atoms. The van der Waals surface area contributed by atoms with Crippen LogP contribution < -0.4 is 11.1 Å². The van der Waals surface area contributed by atoms with Gasteiger partial charge in [-0.05, 0) is 0 Å². The molecule has 1 aliphatic rings. The van der Waals surface area contributed by atoms with E-state index < -0.39 is 12.0 Å². The predicted molar refractivity (Wildman–Crippen MR) is 75.7 cm³/mol. The summed E-state index contributed by atoms with van der Waals surface area (Å²) in [5, 5.41) is 20.9. The zero-order chi connectivity index (χ0) is 15.0. The molecule has 4 N–H and O–H groups in total. The van der Waals surface area contributed by atoms with E-state index in [0.717, 1.165) is 23.5 Å². The van der Waals surface area contributed by atoms with Crippen LogP contribution >= 0.6 is 0 Å². The van der Waals surface area contributed by atoms with Gasteiger partial charge in [0.15, 0.2) is 0 Å². The van der Waals surface area contributed by atoms with E-state index in [1.54, 1.807) is 0 Å². The van der Waals surface area contributed by atoms with Crippen molar-refractivity contribution < 1.29 is 14.7 Å². The van der Waals surface area contributed by atoms with E-state index in [2.05, 4.69) is 15.5 Å². The van der Waals surface area contributed by atoms with Crippen molar-refractivity contribution in [3.05, 3.63) is 0 Å². The SMILES string of the molecule is CC1(CCCNC(=O)CC[Se]CCC(N)C(=O)O)N=N1. The minimum absolute atomic E-state index is 0.0595. The van der Waals surface area contributed by atoms with Crippen LogP contribution in [0.15, 0.2) is 10.2 Å². The Bertz CT molecular complexity index is 370. The summed E-state index contributed by atoms with van der Waals surface area (Å²) in [6, 6.07) is -0.773. The molecule has 1 atom stereocenters. The van der Waals surface area contributed by atoms with Crippen molar-refractivity contribution in [1.82, 2.24) is 5.32 Å². The third kappa shape index (κ3) is 7.57. The normalized spacial score (nSPS) is 16.7. The molecule has 20 heavy (non-hydrogen) atoms. The molecular formula is C12H22N4O3Se. The number of carbonyl (C=O) groups excluding carboxylic acids is 1. The Morgan fingerprint density at radius 3 is 2.70 bits per heavy atom. The van der Waals surface area contributed by atoms with E-state index in [9.17, 15) is 9.59 Å². The van der Waals surface area contributed by atoms with Gasteiger partial charge in [0.25, 0.3) is 0 Å². The summed E-state index contributed by atoms with van der Waals surface area (Å²) in [4.78, 5) is 22.0. The number of carboxylic acids is 1. The maximum absolute atomic E-state index is 11.5. The Balaban J connectivity index is 1.88. The van der Waals surface area contributed by atoms with E-state index in [0.29, 0.717) is 19.4 Å². The van der Waals surface area contributed by atoms with Crippen LogP contribution in [0.2, 0.25) is 10.6 Å². The van der Waals surface area contributed by atoms with Gasteiger partial charge in [0.2, 0.25) is 0 Å². The second-order valence-corrected chi connectivity index (χ2v) is 7.54. The topological polar surface area (TPSA) is 117 Å². The molecule has 7 nitrogen and oxygen atoms in total. The molecule has 0 aromatic carbocycles. The molecule has 8 heteroatoms. The molecule has 0 saturated carbocycles. The number of carboxylic acid groups (broad SMARTS) is 1. The van der Waals surface area contributed by atoms with Crippen molar-refractivity contribution in [2.24, 2.45) is 16.0 Å². The number of rotatable bonds is 11. The quantitative estimate of drug-likeness (QED) is 0.378. The van der Waals surface area contributed by atoms with Gasteiger partial charge in [-0.3, -0.25) is 0 Å². The number of hydrogen-bond donors (Lipinski definition) is 3. The summed E-state index contributed by atoms with van der Waals surface area (Å²) >= 11 is 0.281. The number of amides is 1. The fourth-order valence-electron chi connectivity index (χ4n) is 1.53. The molecule has 0 aromatic heterocycles. The fraction of sp³-hybridized carbons (Fsp3) is 0.833. The molecule has 1 unspecified atom stereocenters. The molecule has 1 amide bonds. The molecule has 0 bridgehead atoms. The monoisotopic (exact) mass is 350 g/mol. The molecule has 0 radical (unpaired) electrons. The van der Waals surface area contributed by atoms with Crippen molar-refractivity contribution >= 4 is 26.8 Å². The van der Waals surface area contributed by atoms with Gasteiger partial charge in [-0.15, -0.1) is 0 Å². The Morgan fingerprint density at radius 2 is 2.10 bits per heavy atom. The van der Waals surface area contributed by atoms with E-state index in [4.69, 9.17) is 10.8 Å². The predicted octanol–water partition coefficient (Wildman–Crippen LogP) is 0.798. The van der Waals surface area contributed by atoms with Gasteiger partial charge in [0.1, 0.15) is 0 Å². The van der Waals surface area contributed by atoms with Crippen LogP contribution in [0, 0.1) is 0 Å². The van der Waals surface area contributed by atoms with Crippen LogP contribution in [0.25, 0.3) is 0 Å². The van der Waals surface area contributed by atoms with Gasteiger partial charge in [-0.1, -0.05) is 0 Å². The van der Waals surface area contributed by atoms with Gasteiger partial charge in [-0.25, -0.2) is 0 Å². The number of hydrogen-bond acceptors (Lipinski definition) is 5. The Morgan fingerprint density at radius 1 is 1.40 bits per heavy atom. The van der Waals surface area contributed by atoms with Crippen molar-refractivity contribution in [1.29, 1.82) is 0 Å². The van der Waals surface area contributed by atoms with Gasteiger partial charge in [0.05, 0.1) is 0 Å². The molecule has 1 heterocycles. The van der Waals surface area contributed by atoms with Gasteiger partial charge in [-0.2, -0.15) is 0 Å². The van der Waals surface area contributed by atoms with E-state index >= 15 is 0 Å². The zero-order valence-electron chi connectivity index (χ0n) is 11.7. The van der Waals surface area contributed by atoms with Crippen molar-refractivity contribution in [2.45, 2.75) is 55.0 Å². The molecule has 1 rings (SSSR count). The number of nitrogens with zero attached hydrogens (tertiary/aromatic N) is 2. The second kappa shape index (κ2) is 8.34. The Labute approximate surface area is 124 Å². The van der Waals surface area contributed by atoms with Crippen LogP contribution in [0.4, 0.5) is 0 Å². The number of aliphatic carboxylic acids is 1. The Kier molecular flexibility index (Phi) is 7.12.